The number of rotatable bonds is 4. The van der Waals surface area contributed by atoms with Gasteiger partial charge in [-0.15, -0.1) is 0 Å². The molecular formula is C14H24N4O2. The number of hydrogen-bond donors (Lipinski definition) is 2. The Balaban J connectivity index is 2.19. The number of nitrogens with zero attached hydrogens (tertiary/aromatic N) is 2. The monoisotopic (exact) mass is 280 g/mol. The zero-order valence-electron chi connectivity index (χ0n) is 12.6. The molecule has 1 aromatic heterocycles. The standard InChI is InChI=1S/C14H24N4O2/c1-5-12-16-13(18-15)10(4)14(17-12)20-11-6-8(2)19-9(3)7-11/h8-9,11H,5-7,15H2,1-4H3,(H,16,17,18). The molecule has 20 heavy (non-hydrogen) atoms. The number of nitrogen functional groups attached to an aromatic ring is 1. The molecule has 1 saturated heterocycles. The molecule has 0 aliphatic carbocycles. The minimum Gasteiger partial charge on any atom is -0.474 e. The lowest BCUT2D eigenvalue weighted by Gasteiger charge is -2.32. The van der Waals surface area contributed by atoms with Crippen molar-refractivity contribution in [2.75, 3.05) is 5.43 Å². The van der Waals surface area contributed by atoms with E-state index in [2.05, 4.69) is 29.2 Å². The van der Waals surface area contributed by atoms with Crippen LogP contribution in [0.5, 0.6) is 5.88 Å². The van der Waals surface area contributed by atoms with Crippen LogP contribution < -0.4 is 16.0 Å². The number of aryl methyl sites for hydroxylation is 1. The van der Waals surface area contributed by atoms with E-state index in [1.54, 1.807) is 0 Å². The van der Waals surface area contributed by atoms with Gasteiger partial charge in [-0.1, -0.05) is 6.92 Å². The third-order valence-electron chi connectivity index (χ3n) is 3.53. The van der Waals surface area contributed by atoms with Crippen LogP contribution in [0.15, 0.2) is 0 Å². The van der Waals surface area contributed by atoms with Gasteiger partial charge in [0.15, 0.2) is 0 Å². The molecule has 2 atom stereocenters. The predicted octanol–water partition coefficient (Wildman–Crippen LogP) is 1.97. The first-order valence-electron chi connectivity index (χ1n) is 7.19. The molecule has 0 radical (unpaired) electrons. The Bertz CT molecular complexity index is 457. The summed E-state index contributed by atoms with van der Waals surface area (Å²) >= 11 is 0. The topological polar surface area (TPSA) is 82.3 Å². The zero-order valence-corrected chi connectivity index (χ0v) is 12.6. The highest BCUT2D eigenvalue weighted by atomic mass is 16.5. The summed E-state index contributed by atoms with van der Waals surface area (Å²) < 4.78 is 11.8. The number of hydrazine groups is 1. The molecule has 1 aliphatic heterocycles. The minimum absolute atomic E-state index is 0.123. The fourth-order valence-corrected chi connectivity index (χ4v) is 2.55. The van der Waals surface area contributed by atoms with Gasteiger partial charge in [0.2, 0.25) is 5.88 Å². The summed E-state index contributed by atoms with van der Waals surface area (Å²) in [5.41, 5.74) is 3.45. The average molecular weight is 280 g/mol. The van der Waals surface area contributed by atoms with Gasteiger partial charge in [0.1, 0.15) is 17.7 Å². The molecule has 2 heterocycles. The third-order valence-corrected chi connectivity index (χ3v) is 3.53. The fraction of sp³-hybridized carbons (Fsp3) is 0.714. The van der Waals surface area contributed by atoms with Gasteiger partial charge in [-0.2, -0.15) is 4.98 Å². The van der Waals surface area contributed by atoms with E-state index in [4.69, 9.17) is 15.3 Å². The van der Waals surface area contributed by atoms with Gasteiger partial charge in [-0.05, 0) is 20.8 Å². The van der Waals surface area contributed by atoms with Gasteiger partial charge in [0, 0.05) is 19.3 Å². The number of ether oxygens (including phenoxy) is 2. The second-order valence-corrected chi connectivity index (χ2v) is 5.39. The number of nitrogens with two attached hydrogens (primary N) is 1. The highest BCUT2D eigenvalue weighted by Gasteiger charge is 2.27. The molecule has 0 saturated carbocycles. The largest absolute Gasteiger partial charge is 0.474 e. The Kier molecular flexibility index (Phi) is 4.77. The van der Waals surface area contributed by atoms with E-state index < -0.39 is 0 Å². The normalized spacial score (nSPS) is 26.4. The summed E-state index contributed by atoms with van der Waals surface area (Å²) in [7, 11) is 0. The first-order valence-corrected chi connectivity index (χ1v) is 7.19. The van der Waals surface area contributed by atoms with Crippen molar-refractivity contribution in [2.45, 2.75) is 65.3 Å². The summed E-state index contributed by atoms with van der Waals surface area (Å²) in [5.74, 6) is 7.48. The molecule has 6 heteroatoms. The van der Waals surface area contributed by atoms with E-state index in [-0.39, 0.29) is 18.3 Å². The lowest BCUT2D eigenvalue weighted by molar-refractivity contribution is -0.0731. The Morgan fingerprint density at radius 2 is 1.95 bits per heavy atom. The molecule has 0 bridgehead atoms. The highest BCUT2D eigenvalue weighted by Crippen LogP contribution is 2.27. The van der Waals surface area contributed by atoms with Crippen molar-refractivity contribution in [3.63, 3.8) is 0 Å². The fourth-order valence-electron chi connectivity index (χ4n) is 2.55. The highest BCUT2D eigenvalue weighted by molar-refractivity contribution is 5.47. The second-order valence-electron chi connectivity index (χ2n) is 5.39. The van der Waals surface area contributed by atoms with Gasteiger partial charge < -0.3 is 14.9 Å². The van der Waals surface area contributed by atoms with Crippen LogP contribution in [-0.4, -0.2) is 28.3 Å². The zero-order chi connectivity index (χ0) is 14.7. The number of hydrogen-bond acceptors (Lipinski definition) is 6. The van der Waals surface area contributed by atoms with Crippen molar-refractivity contribution >= 4 is 5.82 Å². The van der Waals surface area contributed by atoms with E-state index >= 15 is 0 Å². The summed E-state index contributed by atoms with van der Waals surface area (Å²) in [6.45, 7) is 8.07. The number of nitrogens with one attached hydrogen (secondary N) is 1. The van der Waals surface area contributed by atoms with E-state index in [0.29, 0.717) is 11.7 Å². The van der Waals surface area contributed by atoms with Crippen LogP contribution in [0.1, 0.15) is 45.0 Å². The Labute approximate surface area is 120 Å². The molecule has 1 aromatic rings. The van der Waals surface area contributed by atoms with Crippen LogP contribution in [0.25, 0.3) is 0 Å². The van der Waals surface area contributed by atoms with Gasteiger partial charge in [0.05, 0.1) is 17.8 Å². The second kappa shape index (κ2) is 6.37. The van der Waals surface area contributed by atoms with Gasteiger partial charge in [-0.3, -0.25) is 0 Å². The van der Waals surface area contributed by atoms with Crippen LogP contribution in [0.2, 0.25) is 0 Å². The Morgan fingerprint density at radius 1 is 1.30 bits per heavy atom. The third kappa shape index (κ3) is 3.37. The molecular weight excluding hydrogens is 256 g/mol. The van der Waals surface area contributed by atoms with E-state index in [9.17, 15) is 0 Å². The van der Waals surface area contributed by atoms with Crippen LogP contribution in [-0.2, 0) is 11.2 Å². The van der Waals surface area contributed by atoms with Crippen molar-refractivity contribution in [3.05, 3.63) is 11.4 Å². The lowest BCUT2D eigenvalue weighted by Crippen LogP contribution is -2.36. The molecule has 0 spiro atoms. The molecule has 112 valence electrons. The molecule has 2 unspecified atom stereocenters. The molecule has 1 aliphatic rings. The van der Waals surface area contributed by atoms with Crippen LogP contribution in [0.3, 0.4) is 0 Å². The van der Waals surface area contributed by atoms with Crippen molar-refractivity contribution < 1.29 is 9.47 Å². The summed E-state index contributed by atoms with van der Waals surface area (Å²) in [6.07, 6.45) is 3.04. The van der Waals surface area contributed by atoms with Crippen LogP contribution >= 0.6 is 0 Å². The van der Waals surface area contributed by atoms with Gasteiger partial charge >= 0.3 is 0 Å². The molecule has 0 amide bonds. The van der Waals surface area contributed by atoms with Crippen LogP contribution in [0.4, 0.5) is 5.82 Å². The Hall–Kier alpha value is -1.40. The molecule has 2 rings (SSSR count). The molecule has 1 fully saturated rings. The minimum atomic E-state index is 0.123. The van der Waals surface area contributed by atoms with Crippen molar-refractivity contribution in [1.29, 1.82) is 0 Å². The van der Waals surface area contributed by atoms with Crippen LogP contribution in [0, 0.1) is 6.92 Å². The summed E-state index contributed by atoms with van der Waals surface area (Å²) in [5, 5.41) is 0. The Morgan fingerprint density at radius 3 is 2.50 bits per heavy atom. The van der Waals surface area contributed by atoms with Crippen molar-refractivity contribution in [1.82, 2.24) is 9.97 Å². The van der Waals surface area contributed by atoms with E-state index in [0.717, 1.165) is 30.7 Å². The maximum atomic E-state index is 6.09. The molecule has 6 nitrogen and oxygen atoms in total. The van der Waals surface area contributed by atoms with E-state index in [1.807, 2.05) is 13.8 Å². The average Bonchev–Trinajstić information content (AvgIpc) is 2.40. The first-order chi connectivity index (χ1) is 9.53. The summed E-state index contributed by atoms with van der Waals surface area (Å²) in [6, 6.07) is 0. The number of aromatic nitrogens is 2. The smallest absolute Gasteiger partial charge is 0.222 e. The molecule has 0 aromatic carbocycles. The van der Waals surface area contributed by atoms with Gasteiger partial charge in [0.25, 0.3) is 0 Å². The van der Waals surface area contributed by atoms with Crippen molar-refractivity contribution in [2.24, 2.45) is 5.84 Å². The molecule has 3 N–H and O–H groups in total. The maximum Gasteiger partial charge on any atom is 0.222 e. The first kappa shape index (κ1) is 15.0. The van der Waals surface area contributed by atoms with E-state index in [1.165, 1.54) is 0 Å². The SMILES string of the molecule is CCc1nc(NN)c(C)c(OC2CC(C)OC(C)C2)n1. The van der Waals surface area contributed by atoms with Gasteiger partial charge in [-0.25, -0.2) is 10.8 Å². The maximum absolute atomic E-state index is 6.09. The predicted molar refractivity (Wildman–Crippen MR) is 77.6 cm³/mol. The summed E-state index contributed by atoms with van der Waals surface area (Å²) in [4.78, 5) is 8.81. The number of anilines is 1. The lowest BCUT2D eigenvalue weighted by atomic mass is 10.0. The quantitative estimate of drug-likeness (QED) is 0.648. The van der Waals surface area contributed by atoms with Crippen molar-refractivity contribution in [3.8, 4) is 5.88 Å².